The monoisotopic (exact) mass is 440 g/mol. The van der Waals surface area contributed by atoms with E-state index in [1.807, 2.05) is 11.4 Å². The highest BCUT2D eigenvalue weighted by Gasteiger charge is 2.41. The molecule has 1 aliphatic heterocycles. The number of benzene rings is 2. The molecule has 0 unspecified atom stereocenters. The number of methoxy groups -OCH3 is 2. The van der Waals surface area contributed by atoms with Crippen LogP contribution in [0.5, 0.6) is 11.5 Å². The molecule has 3 aromatic rings. The van der Waals surface area contributed by atoms with Gasteiger partial charge in [0.1, 0.15) is 17.2 Å². The Hall–Kier alpha value is -3.29. The zero-order valence-electron chi connectivity index (χ0n) is 16.1. The van der Waals surface area contributed by atoms with E-state index < -0.39 is 11.8 Å². The molecular formula is C22H17ClN2O4S. The average Bonchev–Trinajstić information content (AvgIpc) is 3.35. The Morgan fingerprint density at radius 3 is 2.47 bits per heavy atom. The van der Waals surface area contributed by atoms with Crippen molar-refractivity contribution in [3.05, 3.63) is 75.6 Å². The van der Waals surface area contributed by atoms with E-state index in [-0.39, 0.29) is 5.70 Å². The van der Waals surface area contributed by atoms with Gasteiger partial charge in [0.2, 0.25) is 0 Å². The number of anilines is 2. The van der Waals surface area contributed by atoms with Crippen LogP contribution in [0.4, 0.5) is 11.4 Å². The number of hydrogen-bond donors (Lipinski definition) is 1. The smallest absolute Gasteiger partial charge is 0.282 e. The highest BCUT2D eigenvalue weighted by molar-refractivity contribution is 7.11. The summed E-state index contributed by atoms with van der Waals surface area (Å²) < 4.78 is 10.6. The van der Waals surface area contributed by atoms with E-state index in [9.17, 15) is 9.59 Å². The number of halogens is 1. The van der Waals surface area contributed by atoms with Crippen molar-refractivity contribution >= 4 is 51.7 Å². The first-order valence-electron chi connectivity index (χ1n) is 8.95. The maximum atomic E-state index is 13.3. The molecule has 6 nitrogen and oxygen atoms in total. The van der Waals surface area contributed by atoms with Crippen LogP contribution in [0, 0.1) is 0 Å². The molecular weight excluding hydrogens is 424 g/mol. The van der Waals surface area contributed by atoms with Crippen LogP contribution in [0.25, 0.3) is 5.57 Å². The zero-order chi connectivity index (χ0) is 21.3. The van der Waals surface area contributed by atoms with Gasteiger partial charge in [-0.3, -0.25) is 9.59 Å². The largest absolute Gasteiger partial charge is 0.497 e. The molecule has 4 rings (SSSR count). The molecule has 2 amide bonds. The second-order valence-electron chi connectivity index (χ2n) is 6.34. The quantitative estimate of drug-likeness (QED) is 0.557. The molecule has 0 saturated heterocycles. The van der Waals surface area contributed by atoms with Gasteiger partial charge < -0.3 is 14.8 Å². The van der Waals surface area contributed by atoms with E-state index in [0.717, 1.165) is 4.90 Å². The van der Waals surface area contributed by atoms with Gasteiger partial charge >= 0.3 is 0 Å². The minimum absolute atomic E-state index is 0.172. The molecule has 1 aliphatic rings. The highest BCUT2D eigenvalue weighted by atomic mass is 35.5. The average molecular weight is 441 g/mol. The minimum atomic E-state index is -0.469. The summed E-state index contributed by atoms with van der Waals surface area (Å²) in [6, 6.07) is 15.4. The van der Waals surface area contributed by atoms with Crippen LogP contribution in [0.2, 0.25) is 5.02 Å². The Morgan fingerprint density at radius 2 is 1.80 bits per heavy atom. The number of thiophene rings is 1. The molecule has 2 heterocycles. The normalized spacial score (nSPS) is 13.8. The SMILES string of the molecule is COc1ccc(NC2=C(c3cccs3)C(=O)N(c3cccc(Cl)c3)C2=O)c(OC)c1. The number of hydrogen-bond acceptors (Lipinski definition) is 6. The molecule has 0 atom stereocenters. The number of amides is 2. The van der Waals surface area contributed by atoms with Crippen molar-refractivity contribution in [2.45, 2.75) is 0 Å². The van der Waals surface area contributed by atoms with Gasteiger partial charge in [0.15, 0.2) is 0 Å². The van der Waals surface area contributed by atoms with Crippen molar-refractivity contribution in [1.82, 2.24) is 0 Å². The summed E-state index contributed by atoms with van der Waals surface area (Å²) in [5.74, 6) is 0.205. The number of imide groups is 1. The fourth-order valence-electron chi connectivity index (χ4n) is 3.18. The van der Waals surface area contributed by atoms with Crippen molar-refractivity contribution in [2.75, 3.05) is 24.4 Å². The van der Waals surface area contributed by atoms with Crippen LogP contribution in [0.15, 0.2) is 65.7 Å². The Bertz CT molecular complexity index is 1160. The molecule has 0 radical (unpaired) electrons. The lowest BCUT2D eigenvalue weighted by Gasteiger charge is -2.16. The molecule has 30 heavy (non-hydrogen) atoms. The number of nitrogens with zero attached hydrogens (tertiary/aromatic N) is 1. The first-order chi connectivity index (χ1) is 14.5. The van der Waals surface area contributed by atoms with Crippen LogP contribution in [-0.2, 0) is 9.59 Å². The van der Waals surface area contributed by atoms with Gasteiger partial charge in [-0.25, -0.2) is 4.90 Å². The van der Waals surface area contributed by atoms with E-state index in [4.69, 9.17) is 21.1 Å². The van der Waals surface area contributed by atoms with Gasteiger partial charge in [0.05, 0.1) is 31.2 Å². The number of ether oxygens (including phenoxy) is 2. The standard InChI is InChI=1S/C22H17ClN2O4S/c1-28-15-8-9-16(17(12-15)29-2)24-20-19(18-7-4-10-30-18)21(26)25(22(20)27)14-6-3-5-13(23)11-14/h3-12,24H,1-2H3. The van der Waals surface area contributed by atoms with E-state index in [0.29, 0.717) is 38.3 Å². The molecule has 8 heteroatoms. The van der Waals surface area contributed by atoms with Gasteiger partial charge in [-0.1, -0.05) is 23.7 Å². The third-order valence-corrected chi connectivity index (χ3v) is 5.71. The van der Waals surface area contributed by atoms with Crippen LogP contribution in [0.1, 0.15) is 4.88 Å². The van der Waals surface area contributed by atoms with Gasteiger partial charge in [-0.15, -0.1) is 11.3 Å². The molecule has 0 spiro atoms. The summed E-state index contributed by atoms with van der Waals surface area (Å²) in [6.45, 7) is 0. The van der Waals surface area contributed by atoms with E-state index >= 15 is 0 Å². The summed E-state index contributed by atoms with van der Waals surface area (Å²) in [6.07, 6.45) is 0. The fraction of sp³-hybridized carbons (Fsp3) is 0.0909. The van der Waals surface area contributed by atoms with Gasteiger partial charge in [0.25, 0.3) is 11.8 Å². The van der Waals surface area contributed by atoms with Gasteiger partial charge in [-0.2, -0.15) is 0 Å². The minimum Gasteiger partial charge on any atom is -0.497 e. The summed E-state index contributed by atoms with van der Waals surface area (Å²) >= 11 is 7.47. The molecule has 1 aromatic heterocycles. The van der Waals surface area contributed by atoms with E-state index in [2.05, 4.69) is 5.32 Å². The van der Waals surface area contributed by atoms with Crippen LogP contribution in [0.3, 0.4) is 0 Å². The number of rotatable bonds is 6. The number of carbonyl (C=O) groups is 2. The predicted molar refractivity (Wildman–Crippen MR) is 118 cm³/mol. The summed E-state index contributed by atoms with van der Waals surface area (Å²) in [5.41, 5.74) is 1.42. The summed E-state index contributed by atoms with van der Waals surface area (Å²) in [5, 5.41) is 5.39. The third kappa shape index (κ3) is 3.53. The summed E-state index contributed by atoms with van der Waals surface area (Å²) in [7, 11) is 3.08. The topological polar surface area (TPSA) is 67.9 Å². The van der Waals surface area contributed by atoms with Crippen molar-refractivity contribution in [2.24, 2.45) is 0 Å². The molecule has 0 bridgehead atoms. The van der Waals surface area contributed by atoms with Crippen LogP contribution < -0.4 is 19.7 Å². The Labute approximate surface area is 182 Å². The highest BCUT2D eigenvalue weighted by Crippen LogP contribution is 2.38. The van der Waals surface area contributed by atoms with Crippen molar-refractivity contribution in [3.63, 3.8) is 0 Å². The maximum Gasteiger partial charge on any atom is 0.282 e. The lowest BCUT2D eigenvalue weighted by molar-refractivity contribution is -0.120. The van der Waals surface area contributed by atoms with Crippen molar-refractivity contribution in [3.8, 4) is 11.5 Å². The van der Waals surface area contributed by atoms with E-state index in [1.54, 1.807) is 55.6 Å². The Balaban J connectivity index is 1.80. The summed E-state index contributed by atoms with van der Waals surface area (Å²) in [4.78, 5) is 28.5. The molecule has 1 N–H and O–H groups in total. The first kappa shape index (κ1) is 20.0. The second kappa shape index (κ2) is 8.22. The van der Waals surface area contributed by atoms with Crippen molar-refractivity contribution in [1.29, 1.82) is 0 Å². The first-order valence-corrected chi connectivity index (χ1v) is 10.2. The lowest BCUT2D eigenvalue weighted by Crippen LogP contribution is -2.32. The molecule has 152 valence electrons. The predicted octanol–water partition coefficient (Wildman–Crippen LogP) is 4.82. The zero-order valence-corrected chi connectivity index (χ0v) is 17.7. The van der Waals surface area contributed by atoms with Gasteiger partial charge in [0, 0.05) is 16.0 Å². The van der Waals surface area contributed by atoms with Crippen molar-refractivity contribution < 1.29 is 19.1 Å². The Kier molecular flexibility index (Phi) is 5.48. The Morgan fingerprint density at radius 1 is 0.967 bits per heavy atom. The molecule has 0 fully saturated rings. The van der Waals surface area contributed by atoms with Crippen LogP contribution in [-0.4, -0.2) is 26.0 Å². The van der Waals surface area contributed by atoms with Crippen LogP contribution >= 0.6 is 22.9 Å². The van der Waals surface area contributed by atoms with E-state index in [1.165, 1.54) is 18.4 Å². The number of carbonyl (C=O) groups excluding carboxylic acids is 2. The maximum absolute atomic E-state index is 13.3. The molecule has 0 aliphatic carbocycles. The molecule has 0 saturated carbocycles. The fourth-order valence-corrected chi connectivity index (χ4v) is 4.13. The second-order valence-corrected chi connectivity index (χ2v) is 7.73. The number of nitrogens with one attached hydrogen (secondary N) is 1. The lowest BCUT2D eigenvalue weighted by atomic mass is 10.1. The molecule has 2 aromatic carbocycles. The van der Waals surface area contributed by atoms with Gasteiger partial charge in [-0.05, 0) is 41.8 Å². The third-order valence-electron chi connectivity index (χ3n) is 4.59.